The lowest BCUT2D eigenvalue weighted by molar-refractivity contribution is 0.189. The summed E-state index contributed by atoms with van der Waals surface area (Å²) in [4.78, 5) is 12.0. The van der Waals surface area contributed by atoms with Crippen molar-refractivity contribution in [3.05, 3.63) is 42.5 Å². The highest BCUT2D eigenvalue weighted by molar-refractivity contribution is 5.51. The lowest BCUT2D eigenvalue weighted by Gasteiger charge is -2.38. The predicted octanol–water partition coefficient (Wildman–Crippen LogP) is 2.79. The maximum atomic E-state index is 4.31. The van der Waals surface area contributed by atoms with Crippen LogP contribution in [0.1, 0.15) is 25.1 Å². The van der Waals surface area contributed by atoms with Gasteiger partial charge in [-0.25, -0.2) is 4.98 Å². The maximum Gasteiger partial charge on any atom is 0.110 e. The smallest absolute Gasteiger partial charge is 0.110 e. The van der Waals surface area contributed by atoms with E-state index in [1.54, 1.807) is 0 Å². The Morgan fingerprint density at radius 2 is 1.65 bits per heavy atom. The third-order valence-corrected chi connectivity index (χ3v) is 6.22. The van der Waals surface area contributed by atoms with Crippen LogP contribution in [0.5, 0.6) is 0 Å². The van der Waals surface area contributed by atoms with Gasteiger partial charge < -0.3 is 14.4 Å². The summed E-state index contributed by atoms with van der Waals surface area (Å²) in [5.74, 6) is 1.03. The van der Waals surface area contributed by atoms with Crippen LogP contribution in [0, 0.1) is 6.92 Å². The Morgan fingerprint density at radius 3 is 2.23 bits per heavy atom. The number of rotatable bonds is 4. The molecule has 5 nitrogen and oxygen atoms in total. The van der Waals surface area contributed by atoms with E-state index in [-0.39, 0.29) is 0 Å². The van der Waals surface area contributed by atoms with Crippen molar-refractivity contribution >= 4 is 5.69 Å². The molecule has 0 bridgehead atoms. The molecule has 0 aliphatic carbocycles. The van der Waals surface area contributed by atoms with Crippen molar-refractivity contribution in [3.63, 3.8) is 0 Å². The Hall–Kier alpha value is -1.85. The molecule has 0 radical (unpaired) electrons. The van der Waals surface area contributed by atoms with Crippen molar-refractivity contribution in [1.82, 2.24) is 19.4 Å². The monoisotopic (exact) mass is 353 g/mol. The molecule has 2 aromatic rings. The highest BCUT2D eigenvalue weighted by Gasteiger charge is 2.31. The summed E-state index contributed by atoms with van der Waals surface area (Å²) < 4.78 is 2.13. The molecule has 1 atom stereocenters. The van der Waals surface area contributed by atoms with Crippen LogP contribution in [-0.4, -0.2) is 71.7 Å². The Bertz CT molecular complexity index is 712. The second kappa shape index (κ2) is 7.41. The summed E-state index contributed by atoms with van der Waals surface area (Å²) in [6.07, 6.45) is 7.76. The Kier molecular flexibility index (Phi) is 5.00. The third-order valence-electron chi connectivity index (χ3n) is 6.22. The first-order valence-corrected chi connectivity index (χ1v) is 9.87. The summed E-state index contributed by atoms with van der Waals surface area (Å²) >= 11 is 0. The summed E-state index contributed by atoms with van der Waals surface area (Å²) in [6.45, 7) is 6.88. The number of piperidine rings is 1. The zero-order valence-corrected chi connectivity index (χ0v) is 16.3. The number of benzene rings is 1. The predicted molar refractivity (Wildman–Crippen MR) is 107 cm³/mol. The second-order valence-corrected chi connectivity index (χ2v) is 7.98. The Balaban J connectivity index is 1.34. The highest BCUT2D eigenvalue weighted by Crippen LogP contribution is 2.26. The van der Waals surface area contributed by atoms with Crippen LogP contribution in [0.4, 0.5) is 5.69 Å². The molecule has 140 valence electrons. The fraction of sp³-hybridized carbons (Fsp3) is 0.571. The minimum absolute atomic E-state index is 0.743. The van der Waals surface area contributed by atoms with Crippen LogP contribution in [0.3, 0.4) is 0 Å². The highest BCUT2D eigenvalue weighted by atomic mass is 15.3. The molecular weight excluding hydrogens is 322 g/mol. The van der Waals surface area contributed by atoms with Crippen molar-refractivity contribution in [2.24, 2.45) is 0 Å². The molecule has 1 aromatic carbocycles. The minimum Gasteiger partial charge on any atom is -0.371 e. The first kappa shape index (κ1) is 17.6. The van der Waals surface area contributed by atoms with Crippen LogP contribution in [0.25, 0.3) is 5.69 Å². The number of anilines is 1. The number of likely N-dealkylation sites (N-methyl/N-ethyl adjacent to an activating group) is 1. The van der Waals surface area contributed by atoms with E-state index in [1.165, 1.54) is 43.7 Å². The molecule has 1 aromatic heterocycles. The van der Waals surface area contributed by atoms with Gasteiger partial charge in [0, 0.05) is 62.0 Å². The molecule has 0 amide bonds. The molecular formula is C21H31N5. The number of imidazole rings is 1. The number of hydrogen-bond acceptors (Lipinski definition) is 4. The first-order valence-electron chi connectivity index (χ1n) is 9.87. The van der Waals surface area contributed by atoms with Crippen LogP contribution >= 0.6 is 0 Å². The molecule has 0 spiro atoms. The SMILES string of the molecule is Cc1nccn1-c1ccc(N2CCC(N3CCC(N(C)C)C3)CC2)cc1. The molecule has 0 saturated carbocycles. The molecule has 2 aliphatic rings. The lowest BCUT2D eigenvalue weighted by atomic mass is 10.0. The number of aromatic nitrogens is 2. The number of aryl methyl sites for hydroxylation is 1. The molecule has 5 heteroatoms. The number of hydrogen-bond donors (Lipinski definition) is 0. The van der Waals surface area contributed by atoms with E-state index in [1.807, 2.05) is 19.3 Å². The van der Waals surface area contributed by atoms with Gasteiger partial charge in [-0.2, -0.15) is 0 Å². The van der Waals surface area contributed by atoms with Crippen molar-refractivity contribution in [2.45, 2.75) is 38.3 Å². The standard InChI is InChI=1S/C21H31N5/c1-17-22-11-15-26(17)20-6-4-18(5-7-20)24-12-8-19(9-13-24)25-14-10-21(16-25)23(2)3/h4-7,11,15,19,21H,8-10,12-14,16H2,1-3H3. The van der Waals surface area contributed by atoms with Crippen LogP contribution in [0.15, 0.2) is 36.7 Å². The summed E-state index contributed by atoms with van der Waals surface area (Å²) in [6, 6.07) is 10.4. The van der Waals surface area contributed by atoms with E-state index in [2.05, 4.69) is 62.6 Å². The summed E-state index contributed by atoms with van der Waals surface area (Å²) in [7, 11) is 4.43. The quantitative estimate of drug-likeness (QED) is 0.845. The van der Waals surface area contributed by atoms with E-state index in [9.17, 15) is 0 Å². The van der Waals surface area contributed by atoms with Gasteiger partial charge >= 0.3 is 0 Å². The van der Waals surface area contributed by atoms with Gasteiger partial charge in [-0.05, 0) is 64.5 Å². The van der Waals surface area contributed by atoms with E-state index < -0.39 is 0 Å². The summed E-state index contributed by atoms with van der Waals surface area (Å²) in [5.41, 5.74) is 2.53. The van der Waals surface area contributed by atoms with Crippen LogP contribution in [0.2, 0.25) is 0 Å². The van der Waals surface area contributed by atoms with Gasteiger partial charge in [0.15, 0.2) is 0 Å². The zero-order chi connectivity index (χ0) is 18.1. The topological polar surface area (TPSA) is 27.5 Å². The van der Waals surface area contributed by atoms with Gasteiger partial charge in [0.2, 0.25) is 0 Å². The van der Waals surface area contributed by atoms with Crippen molar-refractivity contribution in [1.29, 1.82) is 0 Å². The molecule has 1 unspecified atom stereocenters. The van der Waals surface area contributed by atoms with Gasteiger partial charge in [0.05, 0.1) is 0 Å². The minimum atomic E-state index is 0.743. The largest absolute Gasteiger partial charge is 0.371 e. The molecule has 0 N–H and O–H groups in total. The average Bonchev–Trinajstić information content (AvgIpc) is 3.31. The zero-order valence-electron chi connectivity index (χ0n) is 16.3. The maximum absolute atomic E-state index is 4.31. The fourth-order valence-electron chi connectivity index (χ4n) is 4.49. The normalized spacial score (nSPS) is 22.5. The number of nitrogens with zero attached hydrogens (tertiary/aromatic N) is 5. The molecule has 2 aliphatic heterocycles. The molecule has 2 saturated heterocycles. The Labute approximate surface area is 157 Å². The third kappa shape index (κ3) is 3.51. The summed E-state index contributed by atoms with van der Waals surface area (Å²) in [5, 5.41) is 0. The number of likely N-dealkylation sites (tertiary alicyclic amines) is 1. The Morgan fingerprint density at radius 1 is 0.962 bits per heavy atom. The van der Waals surface area contributed by atoms with E-state index in [4.69, 9.17) is 0 Å². The van der Waals surface area contributed by atoms with Crippen LogP contribution in [-0.2, 0) is 0 Å². The van der Waals surface area contributed by atoms with Gasteiger partial charge in [-0.15, -0.1) is 0 Å². The van der Waals surface area contributed by atoms with Gasteiger partial charge in [0.1, 0.15) is 5.82 Å². The van der Waals surface area contributed by atoms with Crippen molar-refractivity contribution in [3.8, 4) is 5.69 Å². The molecule has 26 heavy (non-hydrogen) atoms. The second-order valence-electron chi connectivity index (χ2n) is 7.98. The molecule has 4 rings (SSSR count). The van der Waals surface area contributed by atoms with Crippen molar-refractivity contribution < 1.29 is 0 Å². The van der Waals surface area contributed by atoms with Gasteiger partial charge in [-0.3, -0.25) is 4.90 Å². The lowest BCUT2D eigenvalue weighted by Crippen LogP contribution is -2.45. The first-order chi connectivity index (χ1) is 12.6. The van der Waals surface area contributed by atoms with Crippen molar-refractivity contribution in [2.75, 3.05) is 45.2 Å². The van der Waals surface area contributed by atoms with E-state index in [0.29, 0.717) is 0 Å². The average molecular weight is 354 g/mol. The molecule has 3 heterocycles. The van der Waals surface area contributed by atoms with Gasteiger partial charge in [0.25, 0.3) is 0 Å². The van der Waals surface area contributed by atoms with Gasteiger partial charge in [-0.1, -0.05) is 0 Å². The fourth-order valence-corrected chi connectivity index (χ4v) is 4.49. The molecule has 2 fully saturated rings. The van der Waals surface area contributed by atoms with Crippen LogP contribution < -0.4 is 4.90 Å². The van der Waals surface area contributed by atoms with E-state index >= 15 is 0 Å². The van der Waals surface area contributed by atoms with E-state index in [0.717, 1.165) is 31.0 Å².